The molecular weight excluding hydrogens is 242 g/mol. The summed E-state index contributed by atoms with van der Waals surface area (Å²) in [4.78, 5) is 5.06. The van der Waals surface area contributed by atoms with Crippen LogP contribution in [0.15, 0.2) is 35.5 Å². The molecule has 0 saturated heterocycles. The fourth-order valence-electron chi connectivity index (χ4n) is 1.01. The van der Waals surface area contributed by atoms with Gasteiger partial charge >= 0.3 is 0 Å². The van der Waals surface area contributed by atoms with Crippen molar-refractivity contribution in [1.82, 2.24) is 0 Å². The summed E-state index contributed by atoms with van der Waals surface area (Å²) in [6.45, 7) is 1.89. The van der Waals surface area contributed by atoms with E-state index in [2.05, 4.69) is 9.34 Å². The molecule has 5 nitrogen and oxygen atoms in total. The molecule has 94 valence electrons. The minimum Gasteiger partial charge on any atom is -0.391 e. The van der Waals surface area contributed by atoms with Crippen molar-refractivity contribution in [2.75, 3.05) is 12.9 Å². The molecule has 0 radical (unpaired) electrons. The quantitative estimate of drug-likeness (QED) is 0.440. The van der Waals surface area contributed by atoms with E-state index in [4.69, 9.17) is 4.84 Å². The molecule has 0 fully saturated rings. The van der Waals surface area contributed by atoms with Gasteiger partial charge in [0, 0.05) is 0 Å². The van der Waals surface area contributed by atoms with Gasteiger partial charge in [-0.2, -0.15) is 8.42 Å². The van der Waals surface area contributed by atoms with Crippen LogP contribution in [0.5, 0.6) is 0 Å². The van der Waals surface area contributed by atoms with Gasteiger partial charge in [-0.3, -0.25) is 4.18 Å². The van der Waals surface area contributed by atoms with Crippen molar-refractivity contribution >= 4 is 15.8 Å². The second-order valence-corrected chi connectivity index (χ2v) is 5.20. The van der Waals surface area contributed by atoms with E-state index in [1.807, 2.05) is 30.3 Å². The molecule has 0 saturated carbocycles. The second kappa shape index (κ2) is 6.36. The summed E-state index contributed by atoms with van der Waals surface area (Å²) in [6.07, 6.45) is 0.991. The normalized spacial score (nSPS) is 12.5. The molecule has 1 aromatic carbocycles. The molecular formula is C11H15NO4S. The minimum absolute atomic E-state index is 0.0897. The smallest absolute Gasteiger partial charge is 0.264 e. The lowest BCUT2D eigenvalue weighted by Gasteiger charge is -2.02. The number of oxime groups is 1. The van der Waals surface area contributed by atoms with Crippen LogP contribution in [-0.4, -0.2) is 27.0 Å². The van der Waals surface area contributed by atoms with Gasteiger partial charge in [0.15, 0.2) is 0 Å². The predicted octanol–water partition coefficient (Wildman–Crippen LogP) is 1.56. The van der Waals surface area contributed by atoms with Crippen molar-refractivity contribution in [2.24, 2.45) is 5.16 Å². The Hall–Kier alpha value is -1.40. The lowest BCUT2D eigenvalue weighted by Crippen LogP contribution is -2.10. The predicted molar refractivity (Wildman–Crippen MR) is 65.1 cm³/mol. The van der Waals surface area contributed by atoms with Crippen LogP contribution in [0.1, 0.15) is 12.5 Å². The summed E-state index contributed by atoms with van der Waals surface area (Å²) in [5.41, 5.74) is 1.46. The monoisotopic (exact) mass is 257 g/mol. The highest BCUT2D eigenvalue weighted by atomic mass is 32.2. The Kier molecular flexibility index (Phi) is 5.11. The van der Waals surface area contributed by atoms with Crippen molar-refractivity contribution < 1.29 is 17.4 Å². The summed E-state index contributed by atoms with van der Waals surface area (Å²) >= 11 is 0. The highest BCUT2D eigenvalue weighted by molar-refractivity contribution is 7.86. The summed E-state index contributed by atoms with van der Waals surface area (Å²) in [7, 11) is -3.43. The molecule has 0 aromatic heterocycles. The molecule has 1 aromatic rings. The van der Waals surface area contributed by atoms with Crippen molar-refractivity contribution in [2.45, 2.75) is 13.5 Å². The molecule has 0 heterocycles. The first kappa shape index (κ1) is 13.7. The summed E-state index contributed by atoms with van der Waals surface area (Å²) in [6, 6.07) is 9.55. The molecule has 0 aliphatic heterocycles. The van der Waals surface area contributed by atoms with Crippen LogP contribution in [0.3, 0.4) is 0 Å². The van der Waals surface area contributed by atoms with Gasteiger partial charge in [-0.05, 0) is 12.5 Å². The number of benzene rings is 1. The molecule has 0 aliphatic carbocycles. The second-order valence-electron chi connectivity index (χ2n) is 3.55. The van der Waals surface area contributed by atoms with E-state index in [0.717, 1.165) is 11.8 Å². The van der Waals surface area contributed by atoms with Gasteiger partial charge in [-0.15, -0.1) is 0 Å². The van der Waals surface area contributed by atoms with Crippen LogP contribution >= 0.6 is 0 Å². The summed E-state index contributed by atoms with van der Waals surface area (Å²) < 4.78 is 26.0. The standard InChI is InChI=1S/C11H15NO4S/c1-10(8-16-17(2,13)14)12-15-9-11-6-4-3-5-7-11/h3-7H,8-9H2,1-2H3. The molecule has 0 aliphatic rings. The summed E-state index contributed by atoms with van der Waals surface area (Å²) in [5, 5.41) is 3.75. The highest BCUT2D eigenvalue weighted by Crippen LogP contribution is 2.00. The highest BCUT2D eigenvalue weighted by Gasteiger charge is 2.02. The molecule has 17 heavy (non-hydrogen) atoms. The van der Waals surface area contributed by atoms with Gasteiger partial charge in [0.1, 0.15) is 13.2 Å². The van der Waals surface area contributed by atoms with Crippen LogP contribution in [0.4, 0.5) is 0 Å². The maximum absolute atomic E-state index is 10.7. The number of nitrogens with zero attached hydrogens (tertiary/aromatic N) is 1. The summed E-state index contributed by atoms with van der Waals surface area (Å²) in [5.74, 6) is 0. The van der Waals surface area contributed by atoms with Gasteiger partial charge in [0.05, 0.1) is 12.0 Å². The molecule has 0 bridgehead atoms. The minimum atomic E-state index is -3.43. The molecule has 0 spiro atoms. The molecule has 0 atom stereocenters. The number of hydrogen-bond donors (Lipinski definition) is 0. The zero-order valence-corrected chi connectivity index (χ0v) is 10.6. The maximum Gasteiger partial charge on any atom is 0.264 e. The Morgan fingerprint density at radius 1 is 1.29 bits per heavy atom. The molecule has 0 unspecified atom stereocenters. The van der Waals surface area contributed by atoms with Crippen LogP contribution in [0.2, 0.25) is 0 Å². The fourth-order valence-corrected chi connectivity index (χ4v) is 1.39. The third kappa shape index (κ3) is 6.70. The van der Waals surface area contributed by atoms with Crippen LogP contribution in [0.25, 0.3) is 0 Å². The number of hydrogen-bond acceptors (Lipinski definition) is 5. The Morgan fingerprint density at radius 3 is 2.53 bits per heavy atom. The van der Waals surface area contributed by atoms with Gasteiger partial charge in [-0.1, -0.05) is 35.5 Å². The van der Waals surface area contributed by atoms with E-state index < -0.39 is 10.1 Å². The van der Waals surface area contributed by atoms with Crippen molar-refractivity contribution in [3.05, 3.63) is 35.9 Å². The molecule has 1 rings (SSSR count). The Balaban J connectivity index is 2.34. The largest absolute Gasteiger partial charge is 0.391 e. The lowest BCUT2D eigenvalue weighted by molar-refractivity contribution is 0.128. The van der Waals surface area contributed by atoms with Gasteiger partial charge in [-0.25, -0.2) is 0 Å². The third-order valence-electron chi connectivity index (χ3n) is 1.78. The van der Waals surface area contributed by atoms with Gasteiger partial charge < -0.3 is 4.84 Å². The Morgan fingerprint density at radius 2 is 1.94 bits per heavy atom. The van der Waals surface area contributed by atoms with Gasteiger partial charge in [0.2, 0.25) is 0 Å². The first-order chi connectivity index (χ1) is 7.97. The first-order valence-corrected chi connectivity index (χ1v) is 6.83. The van der Waals surface area contributed by atoms with Crippen molar-refractivity contribution in [3.8, 4) is 0 Å². The zero-order chi connectivity index (χ0) is 12.7. The molecule has 0 N–H and O–H groups in total. The fraction of sp³-hybridized carbons (Fsp3) is 0.364. The maximum atomic E-state index is 10.7. The van der Waals surface area contributed by atoms with E-state index in [9.17, 15) is 8.42 Å². The van der Waals surface area contributed by atoms with Crippen molar-refractivity contribution in [1.29, 1.82) is 0 Å². The lowest BCUT2D eigenvalue weighted by atomic mass is 10.2. The Labute approximate surface area is 101 Å². The average Bonchev–Trinajstić information content (AvgIpc) is 2.27. The van der Waals surface area contributed by atoms with Crippen LogP contribution in [0, 0.1) is 0 Å². The Bertz CT molecular complexity index is 468. The zero-order valence-electron chi connectivity index (χ0n) is 9.79. The SMILES string of the molecule is CC(COS(C)(=O)=O)=NOCc1ccccc1. The van der Waals surface area contributed by atoms with Gasteiger partial charge in [0.25, 0.3) is 10.1 Å². The molecule has 6 heteroatoms. The van der Waals surface area contributed by atoms with E-state index in [0.29, 0.717) is 12.3 Å². The van der Waals surface area contributed by atoms with E-state index >= 15 is 0 Å². The van der Waals surface area contributed by atoms with E-state index in [1.165, 1.54) is 0 Å². The topological polar surface area (TPSA) is 65.0 Å². The van der Waals surface area contributed by atoms with E-state index in [-0.39, 0.29) is 6.61 Å². The number of rotatable bonds is 6. The van der Waals surface area contributed by atoms with Crippen LogP contribution < -0.4 is 0 Å². The van der Waals surface area contributed by atoms with E-state index in [1.54, 1.807) is 6.92 Å². The average molecular weight is 257 g/mol. The molecule has 0 amide bonds. The van der Waals surface area contributed by atoms with Crippen LogP contribution in [-0.2, 0) is 25.7 Å². The third-order valence-corrected chi connectivity index (χ3v) is 2.32. The first-order valence-electron chi connectivity index (χ1n) is 5.01. The van der Waals surface area contributed by atoms with Crippen molar-refractivity contribution in [3.63, 3.8) is 0 Å².